The van der Waals surface area contributed by atoms with Crippen molar-refractivity contribution in [2.75, 3.05) is 0 Å². The van der Waals surface area contributed by atoms with Crippen LogP contribution in [0.4, 0.5) is 0 Å². The summed E-state index contributed by atoms with van der Waals surface area (Å²) in [5.74, 6) is 0.572. The summed E-state index contributed by atoms with van der Waals surface area (Å²) in [5.41, 5.74) is 3.54. The van der Waals surface area contributed by atoms with Gasteiger partial charge in [-0.25, -0.2) is 4.98 Å². The third-order valence-electron chi connectivity index (χ3n) is 3.67. The lowest BCUT2D eigenvalue weighted by Gasteiger charge is -2.06. The van der Waals surface area contributed by atoms with E-state index in [0.717, 1.165) is 22.8 Å². The summed E-state index contributed by atoms with van der Waals surface area (Å²) in [5, 5.41) is 1.01. The molecule has 0 saturated heterocycles. The monoisotopic (exact) mass is 269 g/mol. The van der Waals surface area contributed by atoms with Crippen LogP contribution in [0.3, 0.4) is 0 Å². The van der Waals surface area contributed by atoms with Crippen LogP contribution in [-0.2, 0) is 6.54 Å². The van der Waals surface area contributed by atoms with Crippen molar-refractivity contribution in [1.29, 1.82) is 0 Å². The van der Waals surface area contributed by atoms with Gasteiger partial charge in [-0.3, -0.25) is 9.36 Å². The zero-order valence-electron chi connectivity index (χ0n) is 12.1. The van der Waals surface area contributed by atoms with Crippen LogP contribution in [-0.4, -0.2) is 14.5 Å². The first kappa shape index (κ1) is 12.9. The number of fused-ring (bicyclic) bond motifs is 3. The van der Waals surface area contributed by atoms with Gasteiger partial charge in [-0.05, 0) is 30.9 Å². The maximum absolute atomic E-state index is 12.5. The molecule has 0 atom stereocenters. The number of aromatic amines is 1. The highest BCUT2D eigenvalue weighted by Gasteiger charge is 2.10. The van der Waals surface area contributed by atoms with Crippen molar-refractivity contribution in [2.24, 2.45) is 5.92 Å². The van der Waals surface area contributed by atoms with Crippen LogP contribution in [0.1, 0.15) is 25.8 Å². The number of hydrogen-bond acceptors (Lipinski definition) is 2. The quantitative estimate of drug-likeness (QED) is 0.793. The van der Waals surface area contributed by atoms with Crippen molar-refractivity contribution in [2.45, 2.75) is 33.7 Å². The summed E-state index contributed by atoms with van der Waals surface area (Å²) < 4.78 is 1.70. The molecule has 0 saturated carbocycles. The molecule has 0 aliphatic rings. The number of benzene rings is 1. The minimum absolute atomic E-state index is 0.0181. The Kier molecular flexibility index (Phi) is 3.08. The molecule has 3 rings (SSSR count). The zero-order chi connectivity index (χ0) is 14.3. The topological polar surface area (TPSA) is 50.7 Å². The summed E-state index contributed by atoms with van der Waals surface area (Å²) in [6.07, 6.45) is 2.65. The summed E-state index contributed by atoms with van der Waals surface area (Å²) in [7, 11) is 0. The lowest BCUT2D eigenvalue weighted by Crippen LogP contribution is -2.21. The van der Waals surface area contributed by atoms with Crippen LogP contribution in [0.15, 0.2) is 29.3 Å². The fourth-order valence-electron chi connectivity index (χ4n) is 2.47. The fraction of sp³-hybridized carbons (Fsp3) is 0.375. The number of hydrogen-bond donors (Lipinski definition) is 1. The van der Waals surface area contributed by atoms with E-state index >= 15 is 0 Å². The first-order chi connectivity index (χ1) is 9.56. The number of rotatable bonds is 3. The highest BCUT2D eigenvalue weighted by atomic mass is 16.1. The molecule has 4 nitrogen and oxygen atoms in total. The van der Waals surface area contributed by atoms with Gasteiger partial charge < -0.3 is 4.98 Å². The predicted octanol–water partition coefficient (Wildman–Crippen LogP) is 3.23. The van der Waals surface area contributed by atoms with E-state index in [4.69, 9.17) is 0 Å². The first-order valence-corrected chi connectivity index (χ1v) is 7.03. The van der Waals surface area contributed by atoms with Gasteiger partial charge in [0.05, 0.1) is 6.33 Å². The molecule has 4 heteroatoms. The van der Waals surface area contributed by atoms with Gasteiger partial charge in [0.2, 0.25) is 0 Å². The molecular formula is C16H19N3O. The SMILES string of the molecule is Cc1ccc2c(c1)[nH]c1c(=O)n(CCC(C)C)cnc12. The van der Waals surface area contributed by atoms with E-state index in [-0.39, 0.29) is 5.56 Å². The molecule has 20 heavy (non-hydrogen) atoms. The number of aromatic nitrogens is 3. The van der Waals surface area contributed by atoms with Crippen LogP contribution >= 0.6 is 0 Å². The highest BCUT2D eigenvalue weighted by molar-refractivity contribution is 6.04. The van der Waals surface area contributed by atoms with Crippen LogP contribution < -0.4 is 5.56 Å². The lowest BCUT2D eigenvalue weighted by atomic mass is 10.1. The third kappa shape index (κ3) is 2.11. The molecule has 0 spiro atoms. The number of nitrogens with one attached hydrogen (secondary N) is 1. The summed E-state index contributed by atoms with van der Waals surface area (Å²) >= 11 is 0. The van der Waals surface area contributed by atoms with E-state index in [1.165, 1.54) is 5.56 Å². The largest absolute Gasteiger partial charge is 0.349 e. The highest BCUT2D eigenvalue weighted by Crippen LogP contribution is 2.22. The number of aryl methyl sites for hydroxylation is 2. The van der Waals surface area contributed by atoms with E-state index in [1.807, 2.05) is 19.1 Å². The maximum Gasteiger partial charge on any atom is 0.277 e. The standard InChI is InChI=1S/C16H19N3O/c1-10(2)6-7-19-9-17-14-12-5-4-11(3)8-13(12)18-15(14)16(19)20/h4-5,8-10,18H,6-7H2,1-3H3. The fourth-order valence-corrected chi connectivity index (χ4v) is 2.47. The Morgan fingerprint density at radius 2 is 2.15 bits per heavy atom. The third-order valence-corrected chi connectivity index (χ3v) is 3.67. The average molecular weight is 269 g/mol. The molecule has 0 amide bonds. The Morgan fingerprint density at radius 1 is 1.35 bits per heavy atom. The Hall–Kier alpha value is -2.10. The Balaban J connectivity index is 2.17. The molecule has 104 valence electrons. The molecule has 0 aliphatic carbocycles. The maximum atomic E-state index is 12.5. The van der Waals surface area contributed by atoms with Gasteiger partial charge in [0.1, 0.15) is 11.0 Å². The summed E-state index contributed by atoms with van der Waals surface area (Å²) in [4.78, 5) is 20.2. The van der Waals surface area contributed by atoms with Crippen molar-refractivity contribution in [3.8, 4) is 0 Å². The second kappa shape index (κ2) is 4.78. The Labute approximate surface area is 117 Å². The van der Waals surface area contributed by atoms with Crippen LogP contribution in [0, 0.1) is 12.8 Å². The minimum Gasteiger partial charge on any atom is -0.349 e. The van der Waals surface area contributed by atoms with Gasteiger partial charge in [-0.1, -0.05) is 26.0 Å². The smallest absolute Gasteiger partial charge is 0.277 e. The van der Waals surface area contributed by atoms with Gasteiger partial charge in [-0.15, -0.1) is 0 Å². The zero-order valence-corrected chi connectivity index (χ0v) is 12.1. The molecule has 3 aromatic rings. The van der Waals surface area contributed by atoms with Crippen LogP contribution in [0.25, 0.3) is 21.9 Å². The van der Waals surface area contributed by atoms with Crippen molar-refractivity contribution in [1.82, 2.24) is 14.5 Å². The van der Waals surface area contributed by atoms with Crippen LogP contribution in [0.5, 0.6) is 0 Å². The van der Waals surface area contributed by atoms with E-state index in [2.05, 4.69) is 29.9 Å². The van der Waals surface area contributed by atoms with Crippen molar-refractivity contribution in [3.63, 3.8) is 0 Å². The number of H-pyrrole nitrogens is 1. The molecule has 0 unspecified atom stereocenters. The van der Waals surface area contributed by atoms with Gasteiger partial charge >= 0.3 is 0 Å². The molecule has 0 aliphatic heterocycles. The van der Waals surface area contributed by atoms with Gasteiger partial charge in [-0.2, -0.15) is 0 Å². The van der Waals surface area contributed by atoms with Crippen molar-refractivity contribution >= 4 is 21.9 Å². The first-order valence-electron chi connectivity index (χ1n) is 7.03. The molecular weight excluding hydrogens is 250 g/mol. The normalized spacial score (nSPS) is 11.8. The lowest BCUT2D eigenvalue weighted by molar-refractivity contribution is 0.506. The van der Waals surface area contributed by atoms with Crippen molar-refractivity contribution in [3.05, 3.63) is 40.4 Å². The molecule has 2 heterocycles. The van der Waals surface area contributed by atoms with E-state index in [0.29, 0.717) is 18.0 Å². The second-order valence-corrected chi connectivity index (χ2v) is 5.82. The minimum atomic E-state index is 0.0181. The summed E-state index contributed by atoms with van der Waals surface area (Å²) in [6.45, 7) is 7.07. The number of nitrogens with zero attached hydrogens (tertiary/aromatic N) is 2. The molecule has 0 fully saturated rings. The van der Waals surface area contributed by atoms with Gasteiger partial charge in [0, 0.05) is 17.4 Å². The van der Waals surface area contributed by atoms with Gasteiger partial charge in [0.25, 0.3) is 5.56 Å². The van der Waals surface area contributed by atoms with E-state index in [1.54, 1.807) is 10.9 Å². The Bertz CT molecular complexity index is 827. The van der Waals surface area contributed by atoms with Gasteiger partial charge in [0.15, 0.2) is 0 Å². The molecule has 0 bridgehead atoms. The van der Waals surface area contributed by atoms with Crippen molar-refractivity contribution < 1.29 is 0 Å². The Morgan fingerprint density at radius 3 is 2.90 bits per heavy atom. The molecule has 2 aromatic heterocycles. The molecule has 1 N–H and O–H groups in total. The average Bonchev–Trinajstić information content (AvgIpc) is 2.76. The second-order valence-electron chi connectivity index (χ2n) is 5.82. The molecule has 0 radical (unpaired) electrons. The van der Waals surface area contributed by atoms with Crippen LogP contribution in [0.2, 0.25) is 0 Å². The van der Waals surface area contributed by atoms with E-state index < -0.39 is 0 Å². The van der Waals surface area contributed by atoms with E-state index in [9.17, 15) is 4.79 Å². The molecule has 1 aromatic carbocycles. The predicted molar refractivity (Wildman–Crippen MR) is 82.1 cm³/mol. The summed E-state index contributed by atoms with van der Waals surface area (Å²) in [6, 6.07) is 6.12.